The number of hydrogen-bond donors (Lipinski definition) is 2. The first-order chi connectivity index (χ1) is 13.6. The Kier molecular flexibility index (Phi) is 6.49. The smallest absolute Gasteiger partial charge is 0.277 e. The molecule has 0 aliphatic heterocycles. The molecule has 0 aliphatic rings. The Balaban J connectivity index is 1.61. The van der Waals surface area contributed by atoms with Gasteiger partial charge in [0.05, 0.1) is 12.8 Å². The molecular formula is C21H19BrN2O4. The standard InChI is InChI=1S/C21H19BrN2O4/c1-2-27-19-11-16(22)10-15(21(19)26)12-23-24-20(25)13-28-18-9-5-7-14-6-3-4-8-17(14)18/h3-12,26H,2,13H2,1H3,(H,24,25). The predicted molar refractivity (Wildman–Crippen MR) is 112 cm³/mol. The van der Waals surface area contributed by atoms with Crippen LogP contribution in [0.1, 0.15) is 12.5 Å². The van der Waals surface area contributed by atoms with Gasteiger partial charge >= 0.3 is 0 Å². The van der Waals surface area contributed by atoms with Gasteiger partial charge in [0.15, 0.2) is 18.1 Å². The lowest BCUT2D eigenvalue weighted by atomic mass is 10.1. The monoisotopic (exact) mass is 442 g/mol. The quantitative estimate of drug-likeness (QED) is 0.423. The molecule has 144 valence electrons. The molecule has 0 bridgehead atoms. The number of carbonyl (C=O) groups is 1. The second kappa shape index (κ2) is 9.23. The normalized spacial score (nSPS) is 10.9. The molecule has 7 heteroatoms. The van der Waals surface area contributed by atoms with E-state index >= 15 is 0 Å². The van der Waals surface area contributed by atoms with Crippen LogP contribution in [-0.2, 0) is 4.79 Å². The zero-order valence-corrected chi connectivity index (χ0v) is 16.8. The van der Waals surface area contributed by atoms with Crippen LogP contribution in [0.15, 0.2) is 64.2 Å². The SMILES string of the molecule is CCOc1cc(Br)cc(C=NNC(=O)COc2cccc3ccccc23)c1O. The Labute approximate surface area is 170 Å². The third-order valence-corrected chi connectivity index (χ3v) is 4.33. The lowest BCUT2D eigenvalue weighted by molar-refractivity contribution is -0.123. The highest BCUT2D eigenvalue weighted by atomic mass is 79.9. The number of rotatable bonds is 7. The van der Waals surface area contributed by atoms with Crippen LogP contribution in [0.4, 0.5) is 0 Å². The molecule has 0 unspecified atom stereocenters. The molecular weight excluding hydrogens is 424 g/mol. The van der Waals surface area contributed by atoms with Crippen molar-refractivity contribution in [2.75, 3.05) is 13.2 Å². The van der Waals surface area contributed by atoms with E-state index < -0.39 is 5.91 Å². The van der Waals surface area contributed by atoms with Crippen molar-refractivity contribution in [3.8, 4) is 17.2 Å². The summed E-state index contributed by atoms with van der Waals surface area (Å²) < 4.78 is 11.7. The zero-order chi connectivity index (χ0) is 19.9. The van der Waals surface area contributed by atoms with Gasteiger partial charge < -0.3 is 14.6 Å². The molecule has 0 aromatic heterocycles. The topological polar surface area (TPSA) is 80.2 Å². The van der Waals surface area contributed by atoms with Crippen molar-refractivity contribution >= 4 is 38.8 Å². The highest BCUT2D eigenvalue weighted by Gasteiger charge is 2.09. The fourth-order valence-corrected chi connectivity index (χ4v) is 3.08. The molecule has 3 aromatic rings. The number of fused-ring (bicyclic) bond motifs is 1. The largest absolute Gasteiger partial charge is 0.504 e. The maximum absolute atomic E-state index is 12.0. The summed E-state index contributed by atoms with van der Waals surface area (Å²) >= 11 is 3.35. The number of aromatic hydroxyl groups is 1. The van der Waals surface area contributed by atoms with Crippen molar-refractivity contribution in [1.82, 2.24) is 5.43 Å². The summed E-state index contributed by atoms with van der Waals surface area (Å²) in [5, 5.41) is 16.0. The van der Waals surface area contributed by atoms with Gasteiger partial charge in [0.1, 0.15) is 5.75 Å². The maximum Gasteiger partial charge on any atom is 0.277 e. The van der Waals surface area contributed by atoms with Crippen molar-refractivity contribution < 1.29 is 19.4 Å². The number of amides is 1. The number of carbonyl (C=O) groups excluding carboxylic acids is 1. The van der Waals surface area contributed by atoms with E-state index in [1.54, 1.807) is 12.1 Å². The Morgan fingerprint density at radius 2 is 1.93 bits per heavy atom. The van der Waals surface area contributed by atoms with E-state index in [2.05, 4.69) is 26.5 Å². The molecule has 0 saturated heterocycles. The first-order valence-electron chi connectivity index (χ1n) is 8.66. The van der Waals surface area contributed by atoms with Crippen LogP contribution in [0.3, 0.4) is 0 Å². The van der Waals surface area contributed by atoms with Crippen LogP contribution in [0.25, 0.3) is 10.8 Å². The summed E-state index contributed by atoms with van der Waals surface area (Å²) in [5.74, 6) is 0.505. The Morgan fingerprint density at radius 1 is 1.14 bits per heavy atom. The first-order valence-corrected chi connectivity index (χ1v) is 9.45. The average molecular weight is 443 g/mol. The van der Waals surface area contributed by atoms with Gasteiger partial charge in [-0.2, -0.15) is 5.10 Å². The minimum Gasteiger partial charge on any atom is -0.504 e. The third kappa shape index (κ3) is 4.80. The molecule has 0 aliphatic carbocycles. The summed E-state index contributed by atoms with van der Waals surface area (Å²) in [7, 11) is 0. The van der Waals surface area contributed by atoms with E-state index in [1.807, 2.05) is 49.4 Å². The molecule has 6 nitrogen and oxygen atoms in total. The molecule has 3 rings (SSSR count). The van der Waals surface area contributed by atoms with E-state index in [-0.39, 0.29) is 12.4 Å². The molecule has 0 heterocycles. The van der Waals surface area contributed by atoms with Crippen molar-refractivity contribution in [1.29, 1.82) is 0 Å². The van der Waals surface area contributed by atoms with Crippen molar-refractivity contribution in [2.45, 2.75) is 6.92 Å². The second-order valence-electron chi connectivity index (χ2n) is 5.83. The number of ether oxygens (including phenoxy) is 2. The lowest BCUT2D eigenvalue weighted by Gasteiger charge is -2.09. The van der Waals surface area contributed by atoms with E-state index in [0.717, 1.165) is 15.2 Å². The van der Waals surface area contributed by atoms with Crippen LogP contribution in [0, 0.1) is 0 Å². The number of nitrogens with one attached hydrogen (secondary N) is 1. The molecule has 1 amide bonds. The van der Waals surface area contributed by atoms with Crippen molar-refractivity contribution in [3.05, 3.63) is 64.6 Å². The molecule has 0 fully saturated rings. The summed E-state index contributed by atoms with van der Waals surface area (Å²) in [6.45, 7) is 2.06. The highest BCUT2D eigenvalue weighted by Crippen LogP contribution is 2.32. The van der Waals surface area contributed by atoms with Crippen LogP contribution >= 0.6 is 15.9 Å². The van der Waals surface area contributed by atoms with Gasteiger partial charge in [-0.3, -0.25) is 4.79 Å². The van der Waals surface area contributed by atoms with Crippen LogP contribution in [-0.4, -0.2) is 30.4 Å². The minimum atomic E-state index is -0.413. The number of phenols is 1. The number of benzene rings is 3. The van der Waals surface area contributed by atoms with Gasteiger partial charge in [-0.1, -0.05) is 52.3 Å². The molecule has 0 atom stereocenters. The summed E-state index contributed by atoms with van der Waals surface area (Å²) in [4.78, 5) is 12.0. The van der Waals surface area contributed by atoms with Crippen LogP contribution in [0.5, 0.6) is 17.2 Å². The molecule has 0 spiro atoms. The molecule has 3 aromatic carbocycles. The van der Waals surface area contributed by atoms with E-state index in [0.29, 0.717) is 23.7 Å². The molecule has 0 saturated carbocycles. The highest BCUT2D eigenvalue weighted by molar-refractivity contribution is 9.10. The maximum atomic E-state index is 12.0. The average Bonchev–Trinajstić information content (AvgIpc) is 2.70. The van der Waals surface area contributed by atoms with Gasteiger partial charge in [0.25, 0.3) is 5.91 Å². The zero-order valence-electron chi connectivity index (χ0n) is 15.2. The van der Waals surface area contributed by atoms with Gasteiger partial charge in [0, 0.05) is 15.4 Å². The van der Waals surface area contributed by atoms with E-state index in [4.69, 9.17) is 9.47 Å². The summed E-state index contributed by atoms with van der Waals surface area (Å²) in [5.41, 5.74) is 2.80. The molecule has 28 heavy (non-hydrogen) atoms. The Morgan fingerprint density at radius 3 is 2.75 bits per heavy atom. The van der Waals surface area contributed by atoms with Gasteiger partial charge in [0.2, 0.25) is 0 Å². The number of halogens is 1. The lowest BCUT2D eigenvalue weighted by Crippen LogP contribution is -2.24. The minimum absolute atomic E-state index is 0.0462. The van der Waals surface area contributed by atoms with Crippen LogP contribution < -0.4 is 14.9 Å². The van der Waals surface area contributed by atoms with Crippen LogP contribution in [0.2, 0.25) is 0 Å². The molecule has 0 radical (unpaired) electrons. The summed E-state index contributed by atoms with van der Waals surface area (Å²) in [6, 6.07) is 16.8. The fourth-order valence-electron chi connectivity index (χ4n) is 2.63. The van der Waals surface area contributed by atoms with Gasteiger partial charge in [-0.15, -0.1) is 0 Å². The van der Waals surface area contributed by atoms with Crippen molar-refractivity contribution in [2.24, 2.45) is 5.10 Å². The number of phenolic OH excluding ortho intramolecular Hbond substituents is 1. The van der Waals surface area contributed by atoms with E-state index in [9.17, 15) is 9.90 Å². The second-order valence-corrected chi connectivity index (χ2v) is 6.75. The molecule has 2 N–H and O–H groups in total. The first kappa shape index (κ1) is 19.7. The number of nitrogens with zero attached hydrogens (tertiary/aromatic N) is 1. The predicted octanol–water partition coefficient (Wildman–Crippen LogP) is 4.24. The number of hydrazone groups is 1. The fraction of sp³-hybridized carbons (Fsp3) is 0.143. The summed E-state index contributed by atoms with van der Waals surface area (Å²) in [6.07, 6.45) is 1.35. The van der Waals surface area contributed by atoms with Crippen molar-refractivity contribution in [3.63, 3.8) is 0 Å². The third-order valence-electron chi connectivity index (χ3n) is 3.87. The Hall–Kier alpha value is -3.06. The van der Waals surface area contributed by atoms with E-state index in [1.165, 1.54) is 6.21 Å². The number of hydrogen-bond acceptors (Lipinski definition) is 5. The Bertz CT molecular complexity index is 1020. The van der Waals surface area contributed by atoms with Gasteiger partial charge in [-0.25, -0.2) is 5.43 Å². The van der Waals surface area contributed by atoms with Gasteiger partial charge in [-0.05, 0) is 30.5 Å².